The summed E-state index contributed by atoms with van der Waals surface area (Å²) >= 11 is 0. The maximum absolute atomic E-state index is 5.48. The summed E-state index contributed by atoms with van der Waals surface area (Å²) < 4.78 is 11.0. The average Bonchev–Trinajstić information content (AvgIpc) is 4.00. The van der Waals surface area contributed by atoms with E-state index in [2.05, 4.69) is 127 Å². The summed E-state index contributed by atoms with van der Waals surface area (Å²) in [6.45, 7) is 16.5. The number of hydrogen-bond acceptors (Lipinski definition) is 12. The van der Waals surface area contributed by atoms with Gasteiger partial charge in [0.1, 0.15) is 5.69 Å². The molecule has 0 atom stereocenters. The maximum atomic E-state index is 5.48. The maximum Gasteiger partial charge on any atom is 0.174 e. The molecule has 0 radical (unpaired) electrons. The molecular formula is C52H54N10O2. The van der Waals surface area contributed by atoms with Crippen molar-refractivity contribution in [3.63, 3.8) is 0 Å². The van der Waals surface area contributed by atoms with Gasteiger partial charge >= 0.3 is 0 Å². The highest BCUT2D eigenvalue weighted by molar-refractivity contribution is 5.85. The molecular weight excluding hydrogens is 797 g/mol. The van der Waals surface area contributed by atoms with Crippen molar-refractivity contribution in [1.29, 1.82) is 0 Å². The summed E-state index contributed by atoms with van der Waals surface area (Å²) in [5, 5.41) is 15.6. The third-order valence-electron chi connectivity index (χ3n) is 11.9. The number of aromatic nitrogens is 6. The molecule has 0 bridgehead atoms. The molecule has 6 aromatic rings. The molecule has 0 spiro atoms. The second-order valence-corrected chi connectivity index (χ2v) is 16.1. The van der Waals surface area contributed by atoms with Crippen molar-refractivity contribution in [3.8, 4) is 0 Å². The van der Waals surface area contributed by atoms with E-state index in [-0.39, 0.29) is 0 Å². The van der Waals surface area contributed by atoms with Crippen molar-refractivity contribution in [2.24, 2.45) is 0 Å². The SMILES string of the molecule is C=C(NCCc1ccccc1)c1ccc(C2=CCc3ncc(N4CCOCC4)cc32)nn1.C=C(NCCc1ccccc1)c1ncc(C2=CCc3ncc(N4CCOCC4)cc32)cn1. The largest absolute Gasteiger partial charge is 0.383 e. The normalized spacial score (nSPS) is 15.2. The minimum absolute atomic E-state index is 0.626. The van der Waals surface area contributed by atoms with Crippen LogP contribution >= 0.6 is 0 Å². The van der Waals surface area contributed by atoms with Gasteiger partial charge in [-0.15, -0.1) is 10.2 Å². The highest BCUT2D eigenvalue weighted by Gasteiger charge is 2.23. The predicted molar refractivity (Wildman–Crippen MR) is 255 cm³/mol. The van der Waals surface area contributed by atoms with E-state index < -0.39 is 0 Å². The van der Waals surface area contributed by atoms with E-state index in [1.165, 1.54) is 16.7 Å². The van der Waals surface area contributed by atoms with Crippen molar-refractivity contribution >= 4 is 33.9 Å². The van der Waals surface area contributed by atoms with Crippen LogP contribution in [0.2, 0.25) is 0 Å². The first-order valence-corrected chi connectivity index (χ1v) is 22.2. The molecule has 2 saturated heterocycles. The number of hydrogen-bond donors (Lipinski definition) is 2. The Balaban J connectivity index is 0.000000162. The topological polar surface area (TPSA) is 126 Å². The van der Waals surface area contributed by atoms with Gasteiger partial charge in [-0.05, 0) is 53.8 Å². The van der Waals surface area contributed by atoms with Crippen LogP contribution in [0.1, 0.15) is 56.4 Å². The molecule has 2 aliphatic carbocycles. The van der Waals surface area contributed by atoms with E-state index in [9.17, 15) is 0 Å². The summed E-state index contributed by atoms with van der Waals surface area (Å²) in [6.07, 6.45) is 15.7. The van der Waals surface area contributed by atoms with Crippen molar-refractivity contribution in [2.45, 2.75) is 25.7 Å². The average molecular weight is 851 g/mol. The molecule has 12 nitrogen and oxygen atoms in total. The molecule has 2 fully saturated rings. The molecule has 0 unspecified atom stereocenters. The van der Waals surface area contributed by atoms with E-state index in [4.69, 9.17) is 19.4 Å². The van der Waals surface area contributed by atoms with Crippen LogP contribution in [0.3, 0.4) is 0 Å². The van der Waals surface area contributed by atoms with Crippen LogP contribution in [0.15, 0.2) is 135 Å². The van der Waals surface area contributed by atoms with Gasteiger partial charge in [-0.2, -0.15) is 0 Å². The molecule has 4 aliphatic rings. The highest BCUT2D eigenvalue weighted by atomic mass is 16.5. The number of fused-ring (bicyclic) bond motifs is 2. The van der Waals surface area contributed by atoms with Gasteiger partial charge in [0.05, 0.1) is 78.7 Å². The van der Waals surface area contributed by atoms with Crippen molar-refractivity contribution < 1.29 is 9.47 Å². The zero-order valence-corrected chi connectivity index (χ0v) is 36.3. The van der Waals surface area contributed by atoms with Crippen LogP contribution < -0.4 is 20.4 Å². The lowest BCUT2D eigenvalue weighted by Gasteiger charge is -2.29. The number of nitrogens with zero attached hydrogens (tertiary/aromatic N) is 8. The smallest absolute Gasteiger partial charge is 0.174 e. The third-order valence-corrected chi connectivity index (χ3v) is 11.9. The van der Waals surface area contributed by atoms with Gasteiger partial charge in [0.25, 0.3) is 0 Å². The lowest BCUT2D eigenvalue weighted by Crippen LogP contribution is -2.36. The molecule has 0 saturated carbocycles. The highest BCUT2D eigenvalue weighted by Crippen LogP contribution is 2.35. The van der Waals surface area contributed by atoms with Gasteiger partial charge in [-0.1, -0.05) is 86.0 Å². The fourth-order valence-electron chi connectivity index (χ4n) is 8.31. The summed E-state index contributed by atoms with van der Waals surface area (Å²) in [5.41, 5.74) is 15.8. The first-order chi connectivity index (χ1) is 31.6. The molecule has 324 valence electrons. The molecule has 10 rings (SSSR count). The van der Waals surface area contributed by atoms with Crippen LogP contribution in [0.5, 0.6) is 0 Å². The fraction of sp³-hybridized carbons (Fsp3) is 0.269. The van der Waals surface area contributed by atoms with Gasteiger partial charge in [-0.3, -0.25) is 9.97 Å². The van der Waals surface area contributed by atoms with Gasteiger partial charge in [0.2, 0.25) is 0 Å². The van der Waals surface area contributed by atoms with E-state index >= 15 is 0 Å². The third kappa shape index (κ3) is 10.3. The minimum Gasteiger partial charge on any atom is -0.383 e. The monoisotopic (exact) mass is 850 g/mol. The lowest BCUT2D eigenvalue weighted by atomic mass is 10.0. The summed E-state index contributed by atoms with van der Waals surface area (Å²) in [7, 11) is 0. The molecule has 6 heterocycles. The number of allylic oxidation sites excluding steroid dienone is 2. The van der Waals surface area contributed by atoms with E-state index in [0.717, 1.165) is 159 Å². The van der Waals surface area contributed by atoms with Crippen LogP contribution in [0.4, 0.5) is 11.4 Å². The van der Waals surface area contributed by atoms with Gasteiger partial charge in [-0.25, -0.2) is 9.97 Å². The number of anilines is 2. The number of ether oxygens (including phenoxy) is 2. The Morgan fingerprint density at radius 1 is 0.562 bits per heavy atom. The van der Waals surface area contributed by atoms with Gasteiger partial charge < -0.3 is 29.9 Å². The molecule has 0 amide bonds. The Bertz CT molecular complexity index is 2420. The van der Waals surface area contributed by atoms with Crippen LogP contribution in [-0.2, 0) is 35.2 Å². The zero-order chi connectivity index (χ0) is 43.5. The number of benzene rings is 2. The van der Waals surface area contributed by atoms with Gasteiger partial charge in [0.15, 0.2) is 5.82 Å². The van der Waals surface area contributed by atoms with Crippen LogP contribution in [0, 0.1) is 0 Å². The predicted octanol–water partition coefficient (Wildman–Crippen LogP) is 7.00. The number of rotatable bonds is 14. The van der Waals surface area contributed by atoms with Crippen molar-refractivity contribution in [1.82, 2.24) is 40.8 Å². The Labute approximate surface area is 375 Å². The van der Waals surface area contributed by atoms with Crippen LogP contribution in [-0.4, -0.2) is 95.8 Å². The van der Waals surface area contributed by atoms with E-state index in [0.29, 0.717) is 5.82 Å². The molecule has 64 heavy (non-hydrogen) atoms. The van der Waals surface area contributed by atoms with E-state index in [1.54, 1.807) is 0 Å². The Morgan fingerprint density at radius 2 is 1.08 bits per heavy atom. The summed E-state index contributed by atoms with van der Waals surface area (Å²) in [4.78, 5) is 23.2. The van der Waals surface area contributed by atoms with E-state index in [1.807, 2.05) is 49.1 Å². The lowest BCUT2D eigenvalue weighted by molar-refractivity contribution is 0.122. The summed E-state index contributed by atoms with van der Waals surface area (Å²) in [6, 6.07) is 29.3. The number of pyridine rings is 2. The molecule has 2 N–H and O–H groups in total. The fourth-order valence-corrected chi connectivity index (χ4v) is 8.31. The first-order valence-electron chi connectivity index (χ1n) is 22.2. The number of morpholine rings is 2. The molecule has 2 aromatic carbocycles. The van der Waals surface area contributed by atoms with Gasteiger partial charge in [0, 0.05) is 86.8 Å². The quantitative estimate of drug-likeness (QED) is 0.117. The standard InChI is InChI=1S/2C26H27N5O/c1-19(27-10-9-20-5-3-2-4-6-20)26-29-16-21(17-30-26)23-7-8-25-24(23)15-22(18-28-25)31-11-13-32-14-12-31;1-19(27-12-11-20-5-3-2-4-6-20)24-9-10-26(30-29-24)22-7-8-25-23(22)17-21(18-28-25)31-13-15-32-16-14-31/h2-7,15-18,27H,1,8-14H2;2-7,9-10,17-18,27H,1,8,11-16H2. The Hall–Kier alpha value is -7.02. The second kappa shape index (κ2) is 20.4. The zero-order valence-electron chi connectivity index (χ0n) is 36.3. The van der Waals surface area contributed by atoms with Crippen molar-refractivity contribution in [3.05, 3.63) is 191 Å². The first kappa shape index (κ1) is 42.3. The summed E-state index contributed by atoms with van der Waals surface area (Å²) in [5.74, 6) is 0.626. The molecule has 4 aromatic heterocycles. The Morgan fingerprint density at radius 3 is 1.61 bits per heavy atom. The Kier molecular flexibility index (Phi) is 13.5. The second-order valence-electron chi connectivity index (χ2n) is 16.1. The van der Waals surface area contributed by atoms with Crippen molar-refractivity contribution in [2.75, 3.05) is 75.5 Å². The molecule has 2 aliphatic heterocycles. The minimum atomic E-state index is 0.626. The molecule has 12 heteroatoms. The number of nitrogens with one attached hydrogen (secondary N) is 2. The van der Waals surface area contributed by atoms with Crippen LogP contribution in [0.25, 0.3) is 22.5 Å².